The molecular formula is C17H19N3O2. The van der Waals surface area contributed by atoms with Crippen LogP contribution in [0.4, 0.5) is 5.69 Å². The quantitative estimate of drug-likeness (QED) is 0.911. The first-order valence-corrected chi connectivity index (χ1v) is 7.09. The molecule has 22 heavy (non-hydrogen) atoms. The molecule has 0 unspecified atom stereocenters. The van der Waals surface area contributed by atoms with Gasteiger partial charge in [0.05, 0.1) is 11.1 Å². The maximum Gasteiger partial charge on any atom is 0.257 e. The van der Waals surface area contributed by atoms with Crippen LogP contribution in [0.15, 0.2) is 42.7 Å². The van der Waals surface area contributed by atoms with E-state index in [0.29, 0.717) is 16.8 Å². The van der Waals surface area contributed by atoms with Crippen LogP contribution in [-0.2, 0) is 0 Å². The van der Waals surface area contributed by atoms with E-state index in [9.17, 15) is 9.59 Å². The van der Waals surface area contributed by atoms with Crippen LogP contribution >= 0.6 is 0 Å². The van der Waals surface area contributed by atoms with Gasteiger partial charge in [0.15, 0.2) is 0 Å². The molecule has 0 aliphatic carbocycles. The van der Waals surface area contributed by atoms with Crippen LogP contribution in [0.5, 0.6) is 0 Å². The maximum absolute atomic E-state index is 12.2. The van der Waals surface area contributed by atoms with Crippen molar-refractivity contribution < 1.29 is 9.59 Å². The molecule has 1 aromatic heterocycles. The van der Waals surface area contributed by atoms with Gasteiger partial charge < -0.3 is 10.6 Å². The molecule has 0 aliphatic heterocycles. The summed E-state index contributed by atoms with van der Waals surface area (Å²) in [5.41, 5.74) is 2.53. The van der Waals surface area contributed by atoms with Gasteiger partial charge in [0.1, 0.15) is 0 Å². The number of carbonyl (C=O) groups excluding carboxylic acids is 2. The third kappa shape index (κ3) is 4.15. The second-order valence-electron chi connectivity index (χ2n) is 5.41. The van der Waals surface area contributed by atoms with Crippen molar-refractivity contribution in [1.29, 1.82) is 0 Å². The SMILES string of the molecule is Cc1ccc(NC(=O)c2cncc(C(=O)NC(C)C)c2)cc1. The molecule has 2 aromatic rings. The van der Waals surface area contributed by atoms with Gasteiger partial charge in [-0.25, -0.2) is 0 Å². The van der Waals surface area contributed by atoms with Crippen molar-refractivity contribution in [2.45, 2.75) is 26.8 Å². The Bertz CT molecular complexity index is 679. The lowest BCUT2D eigenvalue weighted by Gasteiger charge is -2.09. The van der Waals surface area contributed by atoms with E-state index in [0.717, 1.165) is 5.56 Å². The molecule has 0 aliphatic rings. The number of pyridine rings is 1. The number of anilines is 1. The van der Waals surface area contributed by atoms with E-state index >= 15 is 0 Å². The Morgan fingerprint density at radius 3 is 2.18 bits per heavy atom. The minimum Gasteiger partial charge on any atom is -0.350 e. The summed E-state index contributed by atoms with van der Waals surface area (Å²) in [6.45, 7) is 5.73. The third-order valence-corrected chi connectivity index (χ3v) is 2.99. The summed E-state index contributed by atoms with van der Waals surface area (Å²) in [5.74, 6) is -0.539. The molecule has 0 saturated heterocycles. The molecule has 2 rings (SSSR count). The molecule has 1 aromatic carbocycles. The molecule has 0 spiro atoms. The van der Waals surface area contributed by atoms with E-state index in [1.807, 2.05) is 45.0 Å². The predicted octanol–water partition coefficient (Wildman–Crippen LogP) is 2.78. The van der Waals surface area contributed by atoms with Crippen molar-refractivity contribution in [3.05, 3.63) is 59.4 Å². The molecule has 5 nitrogen and oxygen atoms in total. The highest BCUT2D eigenvalue weighted by Crippen LogP contribution is 2.11. The smallest absolute Gasteiger partial charge is 0.257 e. The van der Waals surface area contributed by atoms with E-state index in [-0.39, 0.29) is 17.9 Å². The first kappa shape index (κ1) is 15.7. The Morgan fingerprint density at radius 1 is 1.00 bits per heavy atom. The largest absolute Gasteiger partial charge is 0.350 e. The molecule has 1 heterocycles. The lowest BCUT2D eigenvalue weighted by Crippen LogP contribution is -2.30. The minimum absolute atomic E-state index is 0.0255. The number of hydrogen-bond donors (Lipinski definition) is 2. The number of carbonyl (C=O) groups is 2. The number of amides is 2. The number of aromatic nitrogens is 1. The van der Waals surface area contributed by atoms with Crippen molar-refractivity contribution in [2.75, 3.05) is 5.32 Å². The Balaban J connectivity index is 2.13. The van der Waals surface area contributed by atoms with Crippen LogP contribution in [0.1, 0.15) is 40.1 Å². The summed E-state index contributed by atoms with van der Waals surface area (Å²) < 4.78 is 0. The third-order valence-electron chi connectivity index (χ3n) is 2.99. The topological polar surface area (TPSA) is 71.1 Å². The van der Waals surface area contributed by atoms with Crippen molar-refractivity contribution >= 4 is 17.5 Å². The molecule has 0 bridgehead atoms. The predicted molar refractivity (Wildman–Crippen MR) is 86.0 cm³/mol. The number of hydrogen-bond acceptors (Lipinski definition) is 3. The van der Waals surface area contributed by atoms with E-state index in [4.69, 9.17) is 0 Å². The van der Waals surface area contributed by atoms with Gasteiger partial charge in [-0.2, -0.15) is 0 Å². The van der Waals surface area contributed by atoms with E-state index < -0.39 is 0 Å². The average Bonchev–Trinajstić information content (AvgIpc) is 2.49. The minimum atomic E-state index is -0.296. The summed E-state index contributed by atoms with van der Waals surface area (Å²) >= 11 is 0. The number of benzene rings is 1. The first-order valence-electron chi connectivity index (χ1n) is 7.09. The normalized spacial score (nSPS) is 10.4. The maximum atomic E-state index is 12.2. The van der Waals surface area contributed by atoms with Crippen molar-refractivity contribution in [3.8, 4) is 0 Å². The van der Waals surface area contributed by atoms with E-state index in [1.54, 1.807) is 0 Å². The fraction of sp³-hybridized carbons (Fsp3) is 0.235. The van der Waals surface area contributed by atoms with Crippen LogP contribution in [0, 0.1) is 6.92 Å². The Morgan fingerprint density at radius 2 is 1.59 bits per heavy atom. The number of aryl methyl sites for hydroxylation is 1. The standard InChI is InChI=1S/C17H19N3O2/c1-11(2)19-16(21)13-8-14(10-18-9-13)17(22)20-15-6-4-12(3)5-7-15/h4-11H,1-3H3,(H,19,21)(H,20,22). The van der Waals surface area contributed by atoms with Gasteiger partial charge in [0, 0.05) is 24.1 Å². The van der Waals surface area contributed by atoms with Crippen molar-refractivity contribution in [3.63, 3.8) is 0 Å². The Hall–Kier alpha value is -2.69. The van der Waals surface area contributed by atoms with Gasteiger partial charge in [-0.05, 0) is 39.0 Å². The van der Waals surface area contributed by atoms with Crippen LogP contribution < -0.4 is 10.6 Å². The van der Waals surface area contributed by atoms with Crippen LogP contribution in [0.2, 0.25) is 0 Å². The molecule has 0 saturated carbocycles. The van der Waals surface area contributed by atoms with Gasteiger partial charge in [0.2, 0.25) is 0 Å². The molecule has 5 heteroatoms. The molecule has 114 valence electrons. The lowest BCUT2D eigenvalue weighted by atomic mass is 10.1. The van der Waals surface area contributed by atoms with E-state index in [1.165, 1.54) is 18.5 Å². The highest BCUT2D eigenvalue weighted by Gasteiger charge is 2.12. The highest BCUT2D eigenvalue weighted by atomic mass is 16.2. The van der Waals surface area contributed by atoms with E-state index in [2.05, 4.69) is 15.6 Å². The van der Waals surface area contributed by atoms with Crippen LogP contribution in [0.3, 0.4) is 0 Å². The van der Waals surface area contributed by atoms with Crippen LogP contribution in [-0.4, -0.2) is 22.8 Å². The monoisotopic (exact) mass is 297 g/mol. The molecule has 0 atom stereocenters. The fourth-order valence-corrected chi connectivity index (χ4v) is 1.87. The lowest BCUT2D eigenvalue weighted by molar-refractivity contribution is 0.0942. The van der Waals surface area contributed by atoms with Gasteiger partial charge >= 0.3 is 0 Å². The molecule has 0 fully saturated rings. The molecular weight excluding hydrogens is 278 g/mol. The number of rotatable bonds is 4. The second kappa shape index (κ2) is 6.85. The zero-order valence-electron chi connectivity index (χ0n) is 12.9. The molecule has 0 radical (unpaired) electrons. The molecule has 2 amide bonds. The summed E-state index contributed by atoms with van der Waals surface area (Å²) in [6.07, 6.45) is 2.88. The Kier molecular flexibility index (Phi) is 4.88. The van der Waals surface area contributed by atoms with Crippen molar-refractivity contribution in [2.24, 2.45) is 0 Å². The summed E-state index contributed by atoms with van der Waals surface area (Å²) in [6, 6.07) is 9.05. The summed E-state index contributed by atoms with van der Waals surface area (Å²) in [5, 5.41) is 5.55. The summed E-state index contributed by atoms with van der Waals surface area (Å²) in [7, 11) is 0. The zero-order chi connectivity index (χ0) is 16.1. The average molecular weight is 297 g/mol. The second-order valence-corrected chi connectivity index (χ2v) is 5.41. The van der Waals surface area contributed by atoms with Gasteiger partial charge in [0.25, 0.3) is 11.8 Å². The fourth-order valence-electron chi connectivity index (χ4n) is 1.87. The highest BCUT2D eigenvalue weighted by molar-refractivity contribution is 6.05. The number of nitrogens with one attached hydrogen (secondary N) is 2. The zero-order valence-corrected chi connectivity index (χ0v) is 12.9. The summed E-state index contributed by atoms with van der Waals surface area (Å²) in [4.78, 5) is 28.1. The Labute approximate surface area is 129 Å². The van der Waals surface area contributed by atoms with Crippen LogP contribution in [0.25, 0.3) is 0 Å². The first-order chi connectivity index (χ1) is 10.5. The number of nitrogens with zero attached hydrogens (tertiary/aromatic N) is 1. The van der Waals surface area contributed by atoms with Gasteiger partial charge in [-0.3, -0.25) is 14.6 Å². The molecule has 2 N–H and O–H groups in total. The van der Waals surface area contributed by atoms with Gasteiger partial charge in [-0.15, -0.1) is 0 Å². The van der Waals surface area contributed by atoms with Crippen molar-refractivity contribution in [1.82, 2.24) is 10.3 Å². The van der Waals surface area contributed by atoms with Gasteiger partial charge in [-0.1, -0.05) is 17.7 Å².